The monoisotopic (exact) mass is 252 g/mol. The minimum Gasteiger partial charge on any atom is -0.396 e. The zero-order valence-corrected chi connectivity index (χ0v) is 11.1. The van der Waals surface area contributed by atoms with Crippen molar-refractivity contribution < 1.29 is 14.9 Å². The van der Waals surface area contributed by atoms with Crippen molar-refractivity contribution in [2.24, 2.45) is 22.7 Å². The fourth-order valence-electron chi connectivity index (χ4n) is 5.60. The molecule has 3 nitrogen and oxygen atoms in total. The Morgan fingerprint density at radius 3 is 2.72 bits per heavy atom. The number of rotatable bonds is 3. The molecule has 102 valence electrons. The molecular formula is C15H24O3. The number of methoxy groups -OCH3 is 1. The molecule has 0 unspecified atom stereocenters. The van der Waals surface area contributed by atoms with Crippen molar-refractivity contribution in [2.75, 3.05) is 13.7 Å². The maximum absolute atomic E-state index is 10.9. The van der Waals surface area contributed by atoms with Crippen molar-refractivity contribution >= 4 is 0 Å². The quantitative estimate of drug-likeness (QED) is 0.752. The van der Waals surface area contributed by atoms with Crippen LogP contribution in [-0.4, -0.2) is 36.1 Å². The smallest absolute Gasteiger partial charge is 0.0708 e. The highest BCUT2D eigenvalue weighted by atomic mass is 16.5. The second-order valence-corrected chi connectivity index (χ2v) is 6.43. The molecule has 3 rings (SSSR count). The first-order valence-corrected chi connectivity index (χ1v) is 7.11. The van der Waals surface area contributed by atoms with Gasteiger partial charge >= 0.3 is 0 Å². The molecule has 3 aliphatic rings. The molecule has 3 fully saturated rings. The van der Waals surface area contributed by atoms with Crippen molar-refractivity contribution in [3.8, 4) is 0 Å². The average molecular weight is 252 g/mol. The van der Waals surface area contributed by atoms with Gasteiger partial charge in [0.25, 0.3) is 0 Å². The molecule has 2 bridgehead atoms. The molecule has 0 radical (unpaired) electrons. The molecule has 3 heteroatoms. The molecule has 0 amide bonds. The van der Waals surface area contributed by atoms with Crippen LogP contribution in [0.2, 0.25) is 0 Å². The SMILES string of the molecule is C=C[C@H]1[C@H]2CC[C@]1(CO)[C@H](O)[C@@]21CCC[C@@H]1OC. The van der Waals surface area contributed by atoms with Crippen LogP contribution in [0.25, 0.3) is 0 Å². The summed E-state index contributed by atoms with van der Waals surface area (Å²) in [6.07, 6.45) is 6.88. The van der Waals surface area contributed by atoms with E-state index in [2.05, 4.69) is 6.58 Å². The summed E-state index contributed by atoms with van der Waals surface area (Å²) in [7, 11) is 1.75. The molecular weight excluding hydrogens is 228 g/mol. The van der Waals surface area contributed by atoms with Crippen LogP contribution in [0.3, 0.4) is 0 Å². The molecule has 0 aliphatic heterocycles. The average Bonchev–Trinajstić information content (AvgIpc) is 3.03. The van der Waals surface area contributed by atoms with Gasteiger partial charge in [-0.05, 0) is 37.5 Å². The Balaban J connectivity index is 2.06. The Labute approximate surface area is 109 Å². The van der Waals surface area contributed by atoms with Gasteiger partial charge in [-0.15, -0.1) is 6.58 Å². The largest absolute Gasteiger partial charge is 0.396 e. The zero-order valence-electron chi connectivity index (χ0n) is 11.1. The number of hydrogen-bond donors (Lipinski definition) is 2. The molecule has 18 heavy (non-hydrogen) atoms. The van der Waals surface area contributed by atoms with Crippen LogP contribution in [0.15, 0.2) is 12.7 Å². The number of hydrogen-bond acceptors (Lipinski definition) is 3. The Morgan fingerprint density at radius 2 is 2.17 bits per heavy atom. The Hall–Kier alpha value is -0.380. The number of fused-ring (bicyclic) bond motifs is 3. The van der Waals surface area contributed by atoms with E-state index < -0.39 is 6.10 Å². The lowest BCUT2D eigenvalue weighted by molar-refractivity contribution is -0.129. The van der Waals surface area contributed by atoms with Crippen molar-refractivity contribution in [1.82, 2.24) is 0 Å². The second kappa shape index (κ2) is 4.06. The maximum atomic E-state index is 10.9. The Bertz CT molecular complexity index is 356. The van der Waals surface area contributed by atoms with Crippen LogP contribution in [-0.2, 0) is 4.74 Å². The van der Waals surface area contributed by atoms with Gasteiger partial charge in [-0.2, -0.15) is 0 Å². The molecule has 0 aromatic carbocycles. The van der Waals surface area contributed by atoms with Crippen molar-refractivity contribution in [1.29, 1.82) is 0 Å². The number of ether oxygens (including phenoxy) is 1. The molecule has 0 saturated heterocycles. The van der Waals surface area contributed by atoms with Gasteiger partial charge in [0.2, 0.25) is 0 Å². The summed E-state index contributed by atoms with van der Waals surface area (Å²) >= 11 is 0. The number of allylic oxidation sites excluding steroid dienone is 1. The van der Waals surface area contributed by atoms with E-state index in [1.54, 1.807) is 7.11 Å². The lowest BCUT2D eigenvalue weighted by Gasteiger charge is -2.45. The minimum atomic E-state index is -0.441. The fraction of sp³-hybridized carbons (Fsp3) is 0.867. The van der Waals surface area contributed by atoms with E-state index in [9.17, 15) is 10.2 Å². The normalized spacial score (nSPS) is 54.4. The van der Waals surface area contributed by atoms with Gasteiger partial charge < -0.3 is 14.9 Å². The third-order valence-electron chi connectivity index (χ3n) is 6.27. The van der Waals surface area contributed by atoms with Crippen molar-refractivity contribution in [2.45, 2.75) is 44.3 Å². The van der Waals surface area contributed by atoms with E-state index in [0.29, 0.717) is 5.92 Å². The summed E-state index contributed by atoms with van der Waals surface area (Å²) in [6.45, 7) is 4.02. The summed E-state index contributed by atoms with van der Waals surface area (Å²) in [5.74, 6) is 0.679. The van der Waals surface area contributed by atoms with Crippen molar-refractivity contribution in [3.63, 3.8) is 0 Å². The van der Waals surface area contributed by atoms with Gasteiger partial charge in [0.15, 0.2) is 0 Å². The summed E-state index contributed by atoms with van der Waals surface area (Å²) < 4.78 is 5.68. The highest BCUT2D eigenvalue weighted by molar-refractivity contribution is 5.24. The first-order valence-electron chi connectivity index (χ1n) is 7.11. The molecule has 6 atom stereocenters. The lowest BCUT2D eigenvalue weighted by Crippen LogP contribution is -2.51. The first kappa shape index (κ1) is 12.6. The number of aliphatic hydroxyl groups is 2. The minimum absolute atomic E-state index is 0.0690. The summed E-state index contributed by atoms with van der Waals surface area (Å²) in [4.78, 5) is 0. The van der Waals surface area contributed by atoms with Crippen LogP contribution in [0, 0.1) is 22.7 Å². The highest BCUT2D eigenvalue weighted by Crippen LogP contribution is 2.71. The summed E-state index contributed by atoms with van der Waals surface area (Å²) in [5.41, 5.74) is -0.484. The van der Waals surface area contributed by atoms with Gasteiger partial charge in [0, 0.05) is 17.9 Å². The lowest BCUT2D eigenvalue weighted by atomic mass is 9.65. The maximum Gasteiger partial charge on any atom is 0.0708 e. The van der Waals surface area contributed by atoms with Crippen LogP contribution >= 0.6 is 0 Å². The molecule has 0 heterocycles. The predicted octanol–water partition coefficient (Wildman–Crippen LogP) is 1.74. The highest BCUT2D eigenvalue weighted by Gasteiger charge is 2.72. The first-order chi connectivity index (χ1) is 8.67. The Kier molecular flexibility index (Phi) is 2.85. The standard InChI is InChI=1S/C15H24O3/c1-3-10-11-6-8-14(10,9-16)13(17)15(11)7-4-5-12(15)18-2/h3,10-13,16-17H,1,4-9H2,2H3/t10-,11+,12-,13-,14+,15-/m0/s1. The topological polar surface area (TPSA) is 49.7 Å². The zero-order chi connectivity index (χ0) is 13.0. The summed E-state index contributed by atoms with van der Waals surface area (Å²) in [6, 6.07) is 0. The summed E-state index contributed by atoms with van der Waals surface area (Å²) in [5, 5.41) is 20.8. The van der Waals surface area contributed by atoms with Gasteiger partial charge in [-0.25, -0.2) is 0 Å². The molecule has 3 aliphatic carbocycles. The van der Waals surface area contributed by atoms with E-state index in [0.717, 1.165) is 32.1 Å². The Morgan fingerprint density at radius 1 is 1.39 bits per heavy atom. The van der Waals surface area contributed by atoms with Crippen LogP contribution < -0.4 is 0 Å². The van der Waals surface area contributed by atoms with Gasteiger partial charge in [-0.1, -0.05) is 12.5 Å². The van der Waals surface area contributed by atoms with Crippen LogP contribution in [0.5, 0.6) is 0 Å². The predicted molar refractivity (Wildman–Crippen MR) is 69.0 cm³/mol. The van der Waals surface area contributed by atoms with Gasteiger partial charge in [0.05, 0.1) is 18.8 Å². The van der Waals surface area contributed by atoms with Crippen molar-refractivity contribution in [3.05, 3.63) is 12.7 Å². The van der Waals surface area contributed by atoms with Crippen LogP contribution in [0.1, 0.15) is 32.1 Å². The molecule has 3 saturated carbocycles. The van der Waals surface area contributed by atoms with Gasteiger partial charge in [0.1, 0.15) is 0 Å². The number of aliphatic hydroxyl groups excluding tert-OH is 2. The van der Waals surface area contributed by atoms with E-state index in [-0.39, 0.29) is 29.5 Å². The second-order valence-electron chi connectivity index (χ2n) is 6.43. The van der Waals surface area contributed by atoms with E-state index >= 15 is 0 Å². The van der Waals surface area contributed by atoms with Crippen LogP contribution in [0.4, 0.5) is 0 Å². The van der Waals surface area contributed by atoms with E-state index in [1.807, 2.05) is 6.08 Å². The van der Waals surface area contributed by atoms with Gasteiger partial charge in [-0.3, -0.25) is 0 Å². The fourth-order valence-corrected chi connectivity index (χ4v) is 5.60. The molecule has 0 aromatic rings. The molecule has 0 aromatic heterocycles. The van der Waals surface area contributed by atoms with E-state index in [4.69, 9.17) is 4.74 Å². The third kappa shape index (κ3) is 1.16. The molecule has 2 N–H and O–H groups in total. The van der Waals surface area contributed by atoms with E-state index in [1.165, 1.54) is 0 Å². The molecule has 1 spiro atoms. The third-order valence-corrected chi connectivity index (χ3v) is 6.27.